The maximum absolute atomic E-state index is 12.5. The molecule has 4 rings (SSSR count). The maximum atomic E-state index is 12.5. The Morgan fingerprint density at radius 3 is 2.00 bits per heavy atom. The quantitative estimate of drug-likeness (QED) is 0.440. The average molecular weight is 416 g/mol. The second kappa shape index (κ2) is 9.32. The van der Waals surface area contributed by atoms with Crippen LogP contribution in [-0.4, -0.2) is 36.6 Å². The van der Waals surface area contributed by atoms with Crippen LogP contribution >= 0.6 is 0 Å². The molecular weight excluding hydrogens is 392 g/mol. The summed E-state index contributed by atoms with van der Waals surface area (Å²) in [4.78, 5) is 25.1. The highest BCUT2D eigenvalue weighted by molar-refractivity contribution is 6.04. The number of rotatable bonds is 7. The Bertz CT molecular complexity index is 1030. The number of β-amino-alcohol motifs (C(OH)–C–C–N with tert-alkyl or cyclic N) is 1. The highest BCUT2D eigenvalue weighted by atomic mass is 16.3. The second-order valence-corrected chi connectivity index (χ2v) is 7.43. The molecule has 1 heterocycles. The normalized spacial score (nSPS) is 15.4. The van der Waals surface area contributed by atoms with Gasteiger partial charge in [-0.3, -0.25) is 9.59 Å². The van der Waals surface area contributed by atoms with Gasteiger partial charge in [-0.25, -0.2) is 0 Å². The Labute approximate surface area is 180 Å². The highest BCUT2D eigenvalue weighted by Crippen LogP contribution is 2.23. The predicted octanol–water partition coefficient (Wildman–Crippen LogP) is 3.82. The van der Waals surface area contributed by atoms with Gasteiger partial charge in [-0.2, -0.15) is 0 Å². The number of aliphatic hydroxyl groups is 1. The smallest absolute Gasteiger partial charge is 0.255 e. The van der Waals surface area contributed by atoms with Gasteiger partial charge < -0.3 is 26.0 Å². The summed E-state index contributed by atoms with van der Waals surface area (Å²) in [6.45, 7) is 1.46. The third-order valence-electron chi connectivity index (χ3n) is 5.20. The van der Waals surface area contributed by atoms with Gasteiger partial charge in [0.25, 0.3) is 5.91 Å². The molecule has 0 aliphatic carbocycles. The van der Waals surface area contributed by atoms with E-state index in [1.165, 1.54) is 0 Å². The summed E-state index contributed by atoms with van der Waals surface area (Å²) in [7, 11) is 0. The summed E-state index contributed by atoms with van der Waals surface area (Å²) in [6.07, 6.45) is 1.14. The average Bonchev–Trinajstić information content (AvgIpc) is 3.23. The van der Waals surface area contributed by atoms with E-state index in [9.17, 15) is 14.7 Å². The van der Waals surface area contributed by atoms with Gasteiger partial charge in [-0.1, -0.05) is 0 Å². The molecule has 1 atom stereocenters. The van der Waals surface area contributed by atoms with Crippen molar-refractivity contribution in [3.05, 3.63) is 78.4 Å². The van der Waals surface area contributed by atoms with Crippen molar-refractivity contribution in [2.75, 3.05) is 33.9 Å². The third kappa shape index (κ3) is 5.21. The van der Waals surface area contributed by atoms with E-state index in [0.717, 1.165) is 35.7 Å². The summed E-state index contributed by atoms with van der Waals surface area (Å²) >= 11 is 0. The van der Waals surface area contributed by atoms with Crippen molar-refractivity contribution in [3.8, 4) is 0 Å². The molecule has 1 aliphatic rings. The number of carbonyl (C=O) groups excluding carboxylic acids is 2. The minimum Gasteiger partial charge on any atom is -0.391 e. The largest absolute Gasteiger partial charge is 0.391 e. The number of amides is 2. The minimum atomic E-state index is -0.278. The predicted molar refractivity (Wildman–Crippen MR) is 123 cm³/mol. The summed E-state index contributed by atoms with van der Waals surface area (Å²) in [6, 6.07) is 22.2. The lowest BCUT2D eigenvalue weighted by atomic mass is 10.1. The van der Waals surface area contributed by atoms with Gasteiger partial charge >= 0.3 is 0 Å². The summed E-state index contributed by atoms with van der Waals surface area (Å²) < 4.78 is 0. The van der Waals surface area contributed by atoms with Crippen molar-refractivity contribution in [1.82, 2.24) is 0 Å². The van der Waals surface area contributed by atoms with Crippen molar-refractivity contribution in [2.24, 2.45) is 0 Å². The van der Waals surface area contributed by atoms with Crippen molar-refractivity contribution in [2.45, 2.75) is 12.5 Å². The first kappa shape index (κ1) is 20.4. The van der Waals surface area contributed by atoms with Crippen LogP contribution in [0.2, 0.25) is 0 Å². The Morgan fingerprint density at radius 2 is 1.45 bits per heavy atom. The standard InChI is InChI=1S/C24H24N4O3/c29-16-25-18-3-5-19(6-4-18)26-20-7-9-21(10-8-20)27-24(31)17-1-11-22(12-2-17)28-14-13-23(30)15-28/h1-12,16,23,26,30H,13-15H2,(H,25,29)(H,27,31). The van der Waals surface area contributed by atoms with E-state index < -0.39 is 0 Å². The SMILES string of the molecule is O=CNc1ccc(Nc2ccc(NC(=O)c3ccc(N4CCC(O)C4)cc3)cc2)cc1. The zero-order chi connectivity index (χ0) is 21.6. The number of carbonyl (C=O) groups is 2. The van der Waals surface area contributed by atoms with Gasteiger partial charge in [-0.05, 0) is 79.2 Å². The highest BCUT2D eigenvalue weighted by Gasteiger charge is 2.20. The molecule has 0 aromatic heterocycles. The molecule has 0 radical (unpaired) electrons. The Morgan fingerprint density at radius 1 is 0.871 bits per heavy atom. The van der Waals surface area contributed by atoms with Crippen LogP contribution in [0.5, 0.6) is 0 Å². The lowest BCUT2D eigenvalue weighted by Crippen LogP contribution is -2.21. The van der Waals surface area contributed by atoms with Gasteiger partial charge in [-0.15, -0.1) is 0 Å². The van der Waals surface area contributed by atoms with E-state index in [0.29, 0.717) is 24.2 Å². The molecule has 0 bridgehead atoms. The summed E-state index contributed by atoms with van der Waals surface area (Å²) in [5, 5.41) is 18.4. The lowest BCUT2D eigenvalue weighted by Gasteiger charge is -2.18. The molecule has 31 heavy (non-hydrogen) atoms. The maximum Gasteiger partial charge on any atom is 0.255 e. The van der Waals surface area contributed by atoms with Crippen molar-refractivity contribution in [3.63, 3.8) is 0 Å². The minimum absolute atomic E-state index is 0.174. The monoisotopic (exact) mass is 416 g/mol. The van der Waals surface area contributed by atoms with Gasteiger partial charge in [0.2, 0.25) is 6.41 Å². The molecule has 3 aromatic carbocycles. The van der Waals surface area contributed by atoms with Gasteiger partial charge in [0.1, 0.15) is 0 Å². The number of hydrogen-bond acceptors (Lipinski definition) is 5. The number of benzene rings is 3. The Balaban J connectivity index is 1.34. The van der Waals surface area contributed by atoms with Gasteiger partial charge in [0, 0.05) is 47.1 Å². The topological polar surface area (TPSA) is 93.7 Å². The third-order valence-corrected chi connectivity index (χ3v) is 5.20. The van der Waals surface area contributed by atoms with E-state index >= 15 is 0 Å². The van der Waals surface area contributed by atoms with Crippen LogP contribution < -0.4 is 20.9 Å². The molecule has 3 aromatic rings. The number of anilines is 5. The second-order valence-electron chi connectivity index (χ2n) is 7.43. The first-order valence-corrected chi connectivity index (χ1v) is 10.1. The summed E-state index contributed by atoms with van der Waals surface area (Å²) in [5.74, 6) is -0.174. The Kier molecular flexibility index (Phi) is 6.14. The Hall–Kier alpha value is -3.84. The summed E-state index contributed by atoms with van der Waals surface area (Å²) in [5.41, 5.74) is 4.79. The zero-order valence-corrected chi connectivity index (χ0v) is 16.9. The molecule has 2 amide bonds. The lowest BCUT2D eigenvalue weighted by molar-refractivity contribution is -0.105. The molecule has 0 spiro atoms. The molecule has 0 saturated carbocycles. The molecule has 4 N–H and O–H groups in total. The zero-order valence-electron chi connectivity index (χ0n) is 16.9. The van der Waals surface area contributed by atoms with Crippen LogP contribution in [-0.2, 0) is 4.79 Å². The van der Waals surface area contributed by atoms with E-state index in [1.807, 2.05) is 60.7 Å². The number of nitrogens with zero attached hydrogens (tertiary/aromatic N) is 1. The van der Waals surface area contributed by atoms with Gasteiger partial charge in [0.05, 0.1) is 6.10 Å². The fourth-order valence-electron chi connectivity index (χ4n) is 3.52. The fourth-order valence-corrected chi connectivity index (χ4v) is 3.52. The van der Waals surface area contributed by atoms with Crippen molar-refractivity contribution in [1.29, 1.82) is 0 Å². The first-order chi connectivity index (χ1) is 15.1. The van der Waals surface area contributed by atoms with Crippen LogP contribution in [0, 0.1) is 0 Å². The molecule has 1 saturated heterocycles. The molecule has 1 fully saturated rings. The van der Waals surface area contributed by atoms with E-state index in [2.05, 4.69) is 20.9 Å². The molecule has 158 valence electrons. The molecule has 7 nitrogen and oxygen atoms in total. The van der Waals surface area contributed by atoms with Crippen LogP contribution in [0.3, 0.4) is 0 Å². The van der Waals surface area contributed by atoms with Crippen LogP contribution in [0.4, 0.5) is 28.4 Å². The van der Waals surface area contributed by atoms with Crippen LogP contribution in [0.1, 0.15) is 16.8 Å². The van der Waals surface area contributed by atoms with Gasteiger partial charge in [0.15, 0.2) is 0 Å². The first-order valence-electron chi connectivity index (χ1n) is 10.1. The van der Waals surface area contributed by atoms with E-state index in [1.54, 1.807) is 12.1 Å². The number of aliphatic hydroxyl groups excluding tert-OH is 1. The number of nitrogens with one attached hydrogen (secondary N) is 3. The molecular formula is C24H24N4O3. The fraction of sp³-hybridized carbons (Fsp3) is 0.167. The molecule has 1 unspecified atom stereocenters. The van der Waals surface area contributed by atoms with Crippen LogP contribution in [0.25, 0.3) is 0 Å². The van der Waals surface area contributed by atoms with E-state index in [4.69, 9.17) is 0 Å². The molecule has 7 heteroatoms. The van der Waals surface area contributed by atoms with Crippen molar-refractivity contribution >= 4 is 40.8 Å². The van der Waals surface area contributed by atoms with E-state index in [-0.39, 0.29) is 12.0 Å². The number of hydrogen-bond donors (Lipinski definition) is 4. The van der Waals surface area contributed by atoms with Crippen LogP contribution in [0.15, 0.2) is 72.8 Å². The van der Waals surface area contributed by atoms with Crippen molar-refractivity contribution < 1.29 is 14.7 Å². The molecule has 1 aliphatic heterocycles.